The molecule has 2 aliphatic rings. The Morgan fingerprint density at radius 1 is 1.22 bits per heavy atom. The molecule has 2 atom stereocenters. The van der Waals surface area contributed by atoms with E-state index in [0.29, 0.717) is 0 Å². The summed E-state index contributed by atoms with van der Waals surface area (Å²) in [4.78, 5) is 0. The van der Waals surface area contributed by atoms with Crippen molar-refractivity contribution in [1.82, 2.24) is 5.32 Å². The van der Waals surface area contributed by atoms with Crippen LogP contribution < -0.4 is 30.1 Å². The first-order chi connectivity index (χ1) is 8.98. The van der Waals surface area contributed by atoms with Crippen LogP contribution in [0, 0.1) is 6.08 Å². The van der Waals surface area contributed by atoms with Crippen LogP contribution >= 0.6 is 0 Å². The van der Waals surface area contributed by atoms with Crippen LogP contribution in [-0.2, 0) is 35.1 Å². The van der Waals surface area contributed by atoms with Crippen molar-refractivity contribution in [2.45, 2.75) is 65.5 Å². The van der Waals surface area contributed by atoms with Gasteiger partial charge in [-0.3, -0.25) is 0 Å². The molecule has 1 aliphatic heterocycles. The van der Waals surface area contributed by atoms with Gasteiger partial charge in [-0.25, -0.2) is 11.3 Å². The maximum atomic E-state index is 6.28. The number of fused-ring (bicyclic) bond motifs is 1. The summed E-state index contributed by atoms with van der Waals surface area (Å²) in [5, 5.41) is 6.37. The van der Waals surface area contributed by atoms with Gasteiger partial charge in [-0.15, -0.1) is 0 Å². The van der Waals surface area contributed by atoms with Crippen LogP contribution in [0.1, 0.15) is 27.7 Å². The van der Waals surface area contributed by atoms with Gasteiger partial charge >= 0.3 is 26.2 Å². The molecule has 0 aromatic rings. The van der Waals surface area contributed by atoms with E-state index in [1.807, 2.05) is 0 Å². The monoisotopic (exact) mass is 470 g/mol. The third kappa shape index (κ3) is 6.09. The summed E-state index contributed by atoms with van der Waals surface area (Å²) in [6.45, 7) is 18.3. The first-order valence-electron chi connectivity index (χ1n) is 7.47. The molecule has 1 N–H and O–H groups in total. The van der Waals surface area contributed by atoms with Gasteiger partial charge in [-0.2, -0.15) is 5.20 Å². The number of rotatable bonds is 5. The summed E-state index contributed by atoms with van der Waals surface area (Å²) in [6.07, 6.45) is 3.55. The van der Waals surface area contributed by atoms with Crippen LogP contribution in [-0.4, -0.2) is 34.9 Å². The SMILES string of the molecule is CCO[Si]1(C)C2=[C-]C(O[Si](C)(C)C)C(NC(C)(C)C)=C21.[Cl-].[Cl-].[Zr+3]. The van der Waals surface area contributed by atoms with E-state index in [2.05, 4.69) is 65.3 Å². The van der Waals surface area contributed by atoms with Gasteiger partial charge in [0, 0.05) is 18.2 Å². The second-order valence-electron chi connectivity index (χ2n) is 7.76. The summed E-state index contributed by atoms with van der Waals surface area (Å²) in [5.74, 6) is 0. The van der Waals surface area contributed by atoms with Crippen LogP contribution in [0.25, 0.3) is 0 Å². The van der Waals surface area contributed by atoms with E-state index < -0.39 is 16.6 Å². The van der Waals surface area contributed by atoms with E-state index >= 15 is 0 Å². The molecular formula is C15H28Cl2NO2Si2Zr. The van der Waals surface area contributed by atoms with Crippen LogP contribution in [0.5, 0.6) is 0 Å². The van der Waals surface area contributed by atoms with Crippen molar-refractivity contribution in [2.75, 3.05) is 6.61 Å². The Morgan fingerprint density at radius 3 is 2.13 bits per heavy atom. The van der Waals surface area contributed by atoms with Crippen molar-refractivity contribution in [3.8, 4) is 0 Å². The first kappa shape index (κ1) is 26.3. The summed E-state index contributed by atoms with van der Waals surface area (Å²) in [7, 11) is -3.36. The minimum Gasteiger partial charge on any atom is -1.00 e. The average molecular weight is 473 g/mol. The van der Waals surface area contributed by atoms with Crippen molar-refractivity contribution in [2.24, 2.45) is 0 Å². The fraction of sp³-hybridized carbons (Fsp3) is 0.733. The quantitative estimate of drug-likeness (QED) is 0.349. The van der Waals surface area contributed by atoms with E-state index in [4.69, 9.17) is 8.85 Å². The molecule has 1 radical (unpaired) electrons. The zero-order chi connectivity index (χ0) is 15.3. The van der Waals surface area contributed by atoms with E-state index in [0.717, 1.165) is 6.61 Å². The van der Waals surface area contributed by atoms with Crippen molar-refractivity contribution >= 4 is 16.6 Å². The average Bonchev–Trinajstić information content (AvgIpc) is 2.58. The Labute approximate surface area is 175 Å². The maximum absolute atomic E-state index is 6.28. The molecule has 2 rings (SSSR count). The predicted molar refractivity (Wildman–Crippen MR) is 88.1 cm³/mol. The molecule has 0 amide bonds. The van der Waals surface area contributed by atoms with Crippen LogP contribution in [0.3, 0.4) is 0 Å². The first-order valence-corrected chi connectivity index (χ1v) is 13.3. The Bertz CT molecular complexity index is 487. The van der Waals surface area contributed by atoms with Gasteiger partial charge in [-0.05, 0) is 47.3 Å². The number of hydrogen-bond acceptors (Lipinski definition) is 3. The fourth-order valence-corrected chi connectivity index (χ4v) is 7.02. The molecule has 1 heterocycles. The third-order valence-electron chi connectivity index (χ3n) is 3.36. The zero-order valence-corrected chi connectivity index (χ0v) is 21.3. The molecule has 3 nitrogen and oxygen atoms in total. The van der Waals surface area contributed by atoms with Gasteiger partial charge < -0.3 is 39.0 Å². The van der Waals surface area contributed by atoms with E-state index in [9.17, 15) is 0 Å². The minimum atomic E-state index is -1.78. The normalized spacial score (nSPS) is 25.6. The molecule has 0 aromatic heterocycles. The number of allylic oxidation sites excluding steroid dienone is 2. The second-order valence-corrected chi connectivity index (χ2v) is 15.6. The van der Waals surface area contributed by atoms with Gasteiger partial charge in [0.25, 0.3) is 0 Å². The Kier molecular flexibility index (Phi) is 9.91. The third-order valence-corrected chi connectivity index (χ3v) is 7.74. The van der Waals surface area contributed by atoms with E-state index in [-0.39, 0.29) is 62.7 Å². The molecule has 0 saturated carbocycles. The second kappa shape index (κ2) is 8.66. The van der Waals surface area contributed by atoms with Crippen molar-refractivity contribution in [3.05, 3.63) is 22.2 Å². The molecular weight excluding hydrogens is 444 g/mol. The molecule has 8 heteroatoms. The standard InChI is InChI=1S/C15H28NO2Si2.2ClH.Zr/c1-9-17-20(8)12-10-11(18-19(5,6)7)13(14(12)20)16-15(2,3)4;;;/h11,16H,9H2,1-8H3;2*1H;/q-1;;;+3/p-2. The van der Waals surface area contributed by atoms with Crippen LogP contribution in [0.2, 0.25) is 26.2 Å². The summed E-state index contributed by atoms with van der Waals surface area (Å²) in [5.41, 5.74) is 1.25. The molecule has 2 unspecified atom stereocenters. The summed E-state index contributed by atoms with van der Waals surface area (Å²) in [6, 6.07) is 0. The van der Waals surface area contributed by atoms with Crippen LogP contribution in [0.4, 0.5) is 0 Å². The van der Waals surface area contributed by atoms with Crippen molar-refractivity contribution in [1.29, 1.82) is 0 Å². The molecule has 1 aliphatic carbocycles. The fourth-order valence-electron chi connectivity index (χ4n) is 2.70. The van der Waals surface area contributed by atoms with E-state index in [1.54, 1.807) is 0 Å². The minimum absolute atomic E-state index is 0. The van der Waals surface area contributed by atoms with Gasteiger partial charge in [0.1, 0.15) is 8.32 Å². The number of hydrogen-bond donors (Lipinski definition) is 1. The number of halogens is 2. The Morgan fingerprint density at radius 2 is 1.74 bits per heavy atom. The van der Waals surface area contributed by atoms with Crippen molar-refractivity contribution < 1.29 is 59.9 Å². The summed E-state index contributed by atoms with van der Waals surface area (Å²) >= 11 is 0. The van der Waals surface area contributed by atoms with Crippen LogP contribution in [0.15, 0.2) is 16.1 Å². The van der Waals surface area contributed by atoms with Crippen molar-refractivity contribution in [3.63, 3.8) is 0 Å². The zero-order valence-electron chi connectivity index (χ0n) is 15.4. The molecule has 0 bridgehead atoms. The Balaban J connectivity index is 0. The molecule has 0 aromatic carbocycles. The topological polar surface area (TPSA) is 30.5 Å². The number of nitrogens with one attached hydrogen (secondary N) is 1. The largest absolute Gasteiger partial charge is 3.00 e. The maximum Gasteiger partial charge on any atom is 3.00 e. The molecule has 1 saturated heterocycles. The van der Waals surface area contributed by atoms with Gasteiger partial charge in [0.15, 0.2) is 8.32 Å². The molecule has 0 spiro atoms. The molecule has 23 heavy (non-hydrogen) atoms. The predicted octanol–water partition coefficient (Wildman–Crippen LogP) is -2.70. The van der Waals surface area contributed by atoms with Gasteiger partial charge in [-0.1, -0.05) is 12.2 Å². The Hall–Kier alpha value is 1.10. The molecule has 131 valence electrons. The summed E-state index contributed by atoms with van der Waals surface area (Å²) < 4.78 is 12.3. The van der Waals surface area contributed by atoms with Gasteiger partial charge in [0.05, 0.1) is 0 Å². The smallest absolute Gasteiger partial charge is 1.00 e. The van der Waals surface area contributed by atoms with Gasteiger partial charge in [0.2, 0.25) is 0 Å². The van der Waals surface area contributed by atoms with E-state index in [1.165, 1.54) is 16.1 Å². The molecule has 1 fully saturated rings.